The van der Waals surface area contributed by atoms with Crippen LogP contribution < -0.4 is 0 Å². The molecule has 0 aromatic rings. The van der Waals surface area contributed by atoms with Gasteiger partial charge in [0.25, 0.3) is 0 Å². The van der Waals surface area contributed by atoms with Crippen molar-refractivity contribution in [3.05, 3.63) is 46.6 Å². The van der Waals surface area contributed by atoms with E-state index in [2.05, 4.69) is 65.8 Å². The summed E-state index contributed by atoms with van der Waals surface area (Å²) >= 11 is 0. The Hall–Kier alpha value is -1.04. The molecule has 0 saturated carbocycles. The Kier molecular flexibility index (Phi) is 12.1. The van der Waals surface area contributed by atoms with E-state index in [9.17, 15) is 0 Å². The molecule has 0 heteroatoms. The molecule has 0 aromatic carbocycles. The lowest BCUT2D eigenvalue weighted by Gasteiger charge is -2.02. The molecule has 0 aromatic heterocycles. The van der Waals surface area contributed by atoms with Crippen molar-refractivity contribution in [3.63, 3.8) is 0 Å². The second kappa shape index (κ2) is 12.7. The molecule has 0 aliphatic rings. The topological polar surface area (TPSA) is 0 Å². The lowest BCUT2D eigenvalue weighted by Crippen LogP contribution is -1.82. The van der Waals surface area contributed by atoms with Crippen molar-refractivity contribution in [2.45, 2.75) is 86.5 Å². The lowest BCUT2D eigenvalue weighted by atomic mass is 10.0. The fraction of sp³-hybridized carbons (Fsp3) is 0.619. The van der Waals surface area contributed by atoms with Crippen LogP contribution in [-0.2, 0) is 0 Å². The number of hydrogen-bond acceptors (Lipinski definition) is 0. The van der Waals surface area contributed by atoms with Gasteiger partial charge in [0.2, 0.25) is 0 Å². The van der Waals surface area contributed by atoms with Crippen LogP contribution in [0.3, 0.4) is 0 Å². The molecule has 0 amide bonds. The molecule has 0 heterocycles. The monoisotopic (exact) mass is 288 g/mol. The first-order chi connectivity index (χ1) is 9.95. The molecule has 0 radical (unpaired) electrons. The first kappa shape index (κ1) is 20.0. The van der Waals surface area contributed by atoms with Crippen LogP contribution in [0.1, 0.15) is 86.5 Å². The van der Waals surface area contributed by atoms with E-state index in [1.807, 2.05) is 0 Å². The van der Waals surface area contributed by atoms with Crippen LogP contribution in [0, 0.1) is 0 Å². The molecule has 0 fully saturated rings. The molecule has 0 aliphatic heterocycles. The SMILES string of the molecule is CC/C=C(/C)CC/C=C(\C)CC/C=C(\C)CCC=C(C)C. The third-order valence-electron chi connectivity index (χ3n) is 3.71. The largest absolute Gasteiger partial charge is 0.0859 e. The highest BCUT2D eigenvalue weighted by molar-refractivity contribution is 5.06. The van der Waals surface area contributed by atoms with Gasteiger partial charge in [-0.1, -0.05) is 53.5 Å². The smallest absolute Gasteiger partial charge is 0.0288 e. The van der Waals surface area contributed by atoms with Gasteiger partial charge in [0.05, 0.1) is 0 Å². The highest BCUT2D eigenvalue weighted by Gasteiger charge is 1.93. The Morgan fingerprint density at radius 3 is 1.33 bits per heavy atom. The summed E-state index contributed by atoms with van der Waals surface area (Å²) in [5, 5.41) is 0. The number of hydrogen-bond donors (Lipinski definition) is 0. The van der Waals surface area contributed by atoms with E-state index in [4.69, 9.17) is 0 Å². The van der Waals surface area contributed by atoms with E-state index >= 15 is 0 Å². The van der Waals surface area contributed by atoms with Crippen LogP contribution in [0.4, 0.5) is 0 Å². The molecule has 0 bridgehead atoms. The van der Waals surface area contributed by atoms with E-state index in [0.717, 1.165) is 6.42 Å². The molecule has 0 spiro atoms. The average molecular weight is 289 g/mol. The van der Waals surface area contributed by atoms with Gasteiger partial charge in [-0.3, -0.25) is 0 Å². The normalized spacial score (nSPS) is 13.5. The number of rotatable bonds is 10. The van der Waals surface area contributed by atoms with Gasteiger partial charge in [0.15, 0.2) is 0 Å². The summed E-state index contributed by atoms with van der Waals surface area (Å²) in [5.74, 6) is 0. The fourth-order valence-electron chi connectivity index (χ4n) is 2.34. The van der Waals surface area contributed by atoms with Crippen LogP contribution in [0.5, 0.6) is 0 Å². The minimum Gasteiger partial charge on any atom is -0.0859 e. The van der Waals surface area contributed by atoms with E-state index in [0.29, 0.717) is 0 Å². The molecule has 0 N–H and O–H groups in total. The van der Waals surface area contributed by atoms with Crippen molar-refractivity contribution in [1.29, 1.82) is 0 Å². The molecule has 0 atom stereocenters. The highest BCUT2D eigenvalue weighted by Crippen LogP contribution is 2.13. The molecular weight excluding hydrogens is 252 g/mol. The third kappa shape index (κ3) is 13.7. The first-order valence-corrected chi connectivity index (χ1v) is 8.56. The summed E-state index contributed by atoms with van der Waals surface area (Å²) in [5.41, 5.74) is 6.01. The van der Waals surface area contributed by atoms with Gasteiger partial charge in [-0.05, 0) is 79.6 Å². The van der Waals surface area contributed by atoms with Crippen molar-refractivity contribution in [2.75, 3.05) is 0 Å². The summed E-state index contributed by atoms with van der Waals surface area (Å²) in [6.45, 7) is 13.3. The van der Waals surface area contributed by atoms with Gasteiger partial charge in [-0.25, -0.2) is 0 Å². The van der Waals surface area contributed by atoms with Crippen molar-refractivity contribution in [1.82, 2.24) is 0 Å². The molecule has 0 unspecified atom stereocenters. The minimum atomic E-state index is 1.16. The lowest BCUT2D eigenvalue weighted by molar-refractivity contribution is 0.897. The predicted molar refractivity (Wildman–Crippen MR) is 98.7 cm³/mol. The molecular formula is C21H36. The standard InChI is InChI=1S/C21H36/c1-7-11-19(4)14-9-15-21(6)17-10-16-20(5)13-8-12-18(2)3/h11-12,15-16H,7-10,13-14,17H2,1-6H3/b19-11-,20-16+,21-15+. The van der Waals surface area contributed by atoms with Gasteiger partial charge in [0.1, 0.15) is 0 Å². The Balaban J connectivity index is 3.93. The Labute approximate surface area is 133 Å². The summed E-state index contributed by atoms with van der Waals surface area (Å²) in [6, 6.07) is 0. The first-order valence-electron chi connectivity index (χ1n) is 8.56. The van der Waals surface area contributed by atoms with Crippen molar-refractivity contribution < 1.29 is 0 Å². The van der Waals surface area contributed by atoms with Gasteiger partial charge in [-0.15, -0.1) is 0 Å². The van der Waals surface area contributed by atoms with Gasteiger partial charge in [0, 0.05) is 0 Å². The molecule has 0 nitrogen and oxygen atoms in total. The quantitative estimate of drug-likeness (QED) is 0.364. The summed E-state index contributed by atoms with van der Waals surface area (Å²) in [4.78, 5) is 0. The third-order valence-corrected chi connectivity index (χ3v) is 3.71. The van der Waals surface area contributed by atoms with Crippen LogP contribution >= 0.6 is 0 Å². The molecule has 21 heavy (non-hydrogen) atoms. The van der Waals surface area contributed by atoms with E-state index < -0.39 is 0 Å². The van der Waals surface area contributed by atoms with E-state index in [1.54, 1.807) is 0 Å². The zero-order chi connectivity index (χ0) is 16.1. The second-order valence-electron chi connectivity index (χ2n) is 6.46. The molecule has 120 valence electrons. The summed E-state index contributed by atoms with van der Waals surface area (Å²) < 4.78 is 0. The second-order valence-corrected chi connectivity index (χ2v) is 6.46. The minimum absolute atomic E-state index is 1.16. The summed E-state index contributed by atoms with van der Waals surface area (Å²) in [6.07, 6.45) is 17.8. The maximum Gasteiger partial charge on any atom is -0.0288 e. The Morgan fingerprint density at radius 1 is 0.571 bits per heavy atom. The number of allylic oxidation sites excluding steroid dienone is 8. The zero-order valence-electron chi connectivity index (χ0n) is 15.3. The zero-order valence-corrected chi connectivity index (χ0v) is 15.3. The van der Waals surface area contributed by atoms with Crippen molar-refractivity contribution in [2.24, 2.45) is 0 Å². The molecule has 0 aliphatic carbocycles. The predicted octanol–water partition coefficient (Wildman–Crippen LogP) is 7.54. The van der Waals surface area contributed by atoms with Crippen molar-refractivity contribution in [3.8, 4) is 0 Å². The maximum atomic E-state index is 2.42. The van der Waals surface area contributed by atoms with E-state index in [-0.39, 0.29) is 0 Å². The average Bonchev–Trinajstić information content (AvgIpc) is 2.38. The van der Waals surface area contributed by atoms with Crippen LogP contribution in [0.15, 0.2) is 46.6 Å². The maximum absolute atomic E-state index is 2.42. The van der Waals surface area contributed by atoms with Gasteiger partial charge >= 0.3 is 0 Å². The van der Waals surface area contributed by atoms with Crippen LogP contribution in [-0.4, -0.2) is 0 Å². The van der Waals surface area contributed by atoms with Gasteiger partial charge < -0.3 is 0 Å². The Morgan fingerprint density at radius 2 is 0.952 bits per heavy atom. The fourth-order valence-corrected chi connectivity index (χ4v) is 2.34. The van der Waals surface area contributed by atoms with Crippen molar-refractivity contribution >= 4 is 0 Å². The van der Waals surface area contributed by atoms with Crippen LogP contribution in [0.2, 0.25) is 0 Å². The summed E-state index contributed by atoms with van der Waals surface area (Å²) in [7, 11) is 0. The molecule has 0 rings (SSSR count). The molecule has 0 saturated heterocycles. The van der Waals surface area contributed by atoms with E-state index in [1.165, 1.54) is 60.8 Å². The van der Waals surface area contributed by atoms with Gasteiger partial charge in [-0.2, -0.15) is 0 Å². The Bertz CT molecular complexity index is 384. The highest BCUT2D eigenvalue weighted by atomic mass is 14.0. The van der Waals surface area contributed by atoms with Crippen LogP contribution in [0.25, 0.3) is 0 Å².